The van der Waals surface area contributed by atoms with Crippen molar-refractivity contribution in [1.29, 1.82) is 5.26 Å². The molecule has 1 N–H and O–H groups in total. The predicted molar refractivity (Wildman–Crippen MR) is 94.1 cm³/mol. The van der Waals surface area contributed by atoms with Gasteiger partial charge in [0.2, 0.25) is 0 Å². The van der Waals surface area contributed by atoms with Gasteiger partial charge in [-0.2, -0.15) is 5.26 Å². The summed E-state index contributed by atoms with van der Waals surface area (Å²) in [6.07, 6.45) is 3.18. The summed E-state index contributed by atoms with van der Waals surface area (Å²) in [5, 5.41) is 11.9. The molecule has 0 bridgehead atoms. The molecule has 25 heavy (non-hydrogen) atoms. The van der Waals surface area contributed by atoms with Gasteiger partial charge in [0.1, 0.15) is 12.4 Å². The first-order chi connectivity index (χ1) is 12.3. The standard InChI is InChI=1S/C20H15N3O2/c21-12-16-8-9-19(25-14-15-5-2-1-3-6-15)18(11-16)20(24)23-17-7-4-10-22-13-17/h1-11,13H,14H2,(H,23,24). The second kappa shape index (κ2) is 7.75. The van der Waals surface area contributed by atoms with Crippen LogP contribution in [0, 0.1) is 11.3 Å². The minimum atomic E-state index is -0.354. The predicted octanol–water partition coefficient (Wildman–Crippen LogP) is 3.78. The zero-order valence-corrected chi connectivity index (χ0v) is 13.3. The van der Waals surface area contributed by atoms with E-state index in [0.717, 1.165) is 5.56 Å². The zero-order valence-electron chi connectivity index (χ0n) is 13.3. The third kappa shape index (κ3) is 4.21. The summed E-state index contributed by atoms with van der Waals surface area (Å²) in [5.74, 6) is 0.0670. The number of anilines is 1. The van der Waals surface area contributed by atoms with E-state index in [2.05, 4.69) is 10.3 Å². The largest absolute Gasteiger partial charge is 0.488 e. The van der Waals surface area contributed by atoms with Crippen molar-refractivity contribution in [2.24, 2.45) is 0 Å². The van der Waals surface area contributed by atoms with Crippen LogP contribution < -0.4 is 10.1 Å². The third-order valence-electron chi connectivity index (χ3n) is 3.51. The number of carbonyl (C=O) groups excluding carboxylic acids is 1. The fraction of sp³-hybridized carbons (Fsp3) is 0.0500. The average Bonchev–Trinajstić information content (AvgIpc) is 2.68. The van der Waals surface area contributed by atoms with Gasteiger partial charge in [-0.3, -0.25) is 9.78 Å². The molecule has 0 spiro atoms. The Morgan fingerprint density at radius 2 is 1.96 bits per heavy atom. The number of hydrogen-bond donors (Lipinski definition) is 1. The van der Waals surface area contributed by atoms with E-state index in [4.69, 9.17) is 10.00 Å². The van der Waals surface area contributed by atoms with Gasteiger partial charge in [-0.15, -0.1) is 0 Å². The number of pyridine rings is 1. The van der Waals surface area contributed by atoms with Crippen LogP contribution in [0.2, 0.25) is 0 Å². The number of ether oxygens (including phenoxy) is 1. The van der Waals surface area contributed by atoms with Gasteiger partial charge < -0.3 is 10.1 Å². The highest BCUT2D eigenvalue weighted by Gasteiger charge is 2.14. The lowest BCUT2D eigenvalue weighted by atomic mass is 10.1. The Labute approximate surface area is 145 Å². The smallest absolute Gasteiger partial charge is 0.259 e. The van der Waals surface area contributed by atoms with Crippen molar-refractivity contribution < 1.29 is 9.53 Å². The SMILES string of the molecule is N#Cc1ccc(OCc2ccccc2)c(C(=O)Nc2cccnc2)c1. The number of amides is 1. The van der Waals surface area contributed by atoms with Gasteiger partial charge in [-0.05, 0) is 35.9 Å². The molecule has 0 atom stereocenters. The van der Waals surface area contributed by atoms with Crippen molar-refractivity contribution in [3.8, 4) is 11.8 Å². The van der Waals surface area contributed by atoms with E-state index in [1.165, 1.54) is 6.07 Å². The van der Waals surface area contributed by atoms with Gasteiger partial charge >= 0.3 is 0 Å². The summed E-state index contributed by atoms with van der Waals surface area (Å²) < 4.78 is 5.80. The van der Waals surface area contributed by atoms with Crippen LogP contribution in [0.1, 0.15) is 21.5 Å². The van der Waals surface area contributed by atoms with Crippen molar-refractivity contribution in [2.45, 2.75) is 6.61 Å². The van der Waals surface area contributed by atoms with Crippen LogP contribution in [0.4, 0.5) is 5.69 Å². The van der Waals surface area contributed by atoms with Crippen molar-refractivity contribution >= 4 is 11.6 Å². The fourth-order valence-electron chi connectivity index (χ4n) is 2.27. The zero-order chi connectivity index (χ0) is 17.5. The highest BCUT2D eigenvalue weighted by atomic mass is 16.5. The minimum absolute atomic E-state index is 0.304. The Morgan fingerprint density at radius 3 is 2.68 bits per heavy atom. The number of carbonyl (C=O) groups is 1. The first kappa shape index (κ1) is 16.2. The number of hydrogen-bond acceptors (Lipinski definition) is 4. The second-order valence-corrected chi connectivity index (χ2v) is 5.29. The van der Waals surface area contributed by atoms with Crippen LogP contribution >= 0.6 is 0 Å². The molecule has 3 aromatic rings. The summed E-state index contributed by atoms with van der Waals surface area (Å²) >= 11 is 0. The van der Waals surface area contributed by atoms with Gasteiger partial charge in [0.05, 0.1) is 29.1 Å². The van der Waals surface area contributed by atoms with Gasteiger partial charge in [0, 0.05) is 6.20 Å². The van der Waals surface area contributed by atoms with E-state index >= 15 is 0 Å². The molecule has 1 aromatic heterocycles. The van der Waals surface area contributed by atoms with E-state index in [1.54, 1.807) is 36.7 Å². The molecule has 5 nitrogen and oxygen atoms in total. The third-order valence-corrected chi connectivity index (χ3v) is 3.51. The van der Waals surface area contributed by atoms with Crippen LogP contribution in [0.5, 0.6) is 5.75 Å². The molecule has 0 aliphatic carbocycles. The summed E-state index contributed by atoms with van der Waals surface area (Å²) in [4.78, 5) is 16.6. The van der Waals surface area contributed by atoms with E-state index in [1.807, 2.05) is 36.4 Å². The van der Waals surface area contributed by atoms with Crippen LogP contribution in [0.15, 0.2) is 73.1 Å². The van der Waals surface area contributed by atoms with Crippen LogP contribution in [0.25, 0.3) is 0 Å². The van der Waals surface area contributed by atoms with Crippen molar-refractivity contribution in [2.75, 3.05) is 5.32 Å². The van der Waals surface area contributed by atoms with Crippen molar-refractivity contribution in [3.63, 3.8) is 0 Å². The van der Waals surface area contributed by atoms with Gasteiger partial charge in [0.25, 0.3) is 5.91 Å². The van der Waals surface area contributed by atoms with Crippen molar-refractivity contribution in [3.05, 3.63) is 89.7 Å². The Bertz CT molecular complexity index is 903. The van der Waals surface area contributed by atoms with E-state index in [-0.39, 0.29) is 5.91 Å². The maximum Gasteiger partial charge on any atom is 0.259 e. The minimum Gasteiger partial charge on any atom is -0.488 e. The van der Waals surface area contributed by atoms with Gasteiger partial charge in [0.15, 0.2) is 0 Å². The summed E-state index contributed by atoms with van der Waals surface area (Å²) in [5.41, 5.74) is 2.26. The first-order valence-corrected chi connectivity index (χ1v) is 7.68. The number of nitriles is 1. The molecule has 0 radical (unpaired) electrons. The Morgan fingerprint density at radius 1 is 1.12 bits per heavy atom. The molecule has 0 fully saturated rings. The maximum absolute atomic E-state index is 12.6. The van der Waals surface area contributed by atoms with Crippen LogP contribution in [0.3, 0.4) is 0 Å². The normalized spacial score (nSPS) is 9.88. The van der Waals surface area contributed by atoms with Crippen molar-refractivity contribution in [1.82, 2.24) is 4.98 Å². The fourth-order valence-corrected chi connectivity index (χ4v) is 2.27. The Hall–Kier alpha value is -3.65. The van der Waals surface area contributed by atoms with E-state index in [0.29, 0.717) is 29.2 Å². The highest BCUT2D eigenvalue weighted by Crippen LogP contribution is 2.22. The summed E-state index contributed by atoms with van der Waals surface area (Å²) in [6.45, 7) is 0.333. The molecule has 0 aliphatic heterocycles. The molecular formula is C20H15N3O2. The topological polar surface area (TPSA) is 75.0 Å². The van der Waals surface area contributed by atoms with E-state index < -0.39 is 0 Å². The molecule has 5 heteroatoms. The monoisotopic (exact) mass is 329 g/mol. The molecule has 0 saturated carbocycles. The molecule has 122 valence electrons. The second-order valence-electron chi connectivity index (χ2n) is 5.29. The molecule has 3 rings (SSSR count). The summed E-state index contributed by atoms with van der Waals surface area (Å²) in [6, 6.07) is 20.0. The lowest BCUT2D eigenvalue weighted by molar-refractivity contribution is 0.102. The Balaban J connectivity index is 1.83. The molecule has 1 heterocycles. The number of rotatable bonds is 5. The average molecular weight is 329 g/mol. The molecule has 0 unspecified atom stereocenters. The molecule has 0 saturated heterocycles. The lowest BCUT2D eigenvalue weighted by Gasteiger charge is -2.12. The number of nitrogens with one attached hydrogen (secondary N) is 1. The van der Waals surface area contributed by atoms with Gasteiger partial charge in [-0.25, -0.2) is 0 Å². The van der Waals surface area contributed by atoms with Crippen LogP contribution in [-0.2, 0) is 6.61 Å². The summed E-state index contributed by atoms with van der Waals surface area (Å²) in [7, 11) is 0. The molecule has 2 aromatic carbocycles. The quantitative estimate of drug-likeness (QED) is 0.773. The van der Waals surface area contributed by atoms with E-state index in [9.17, 15) is 4.79 Å². The molecular weight excluding hydrogens is 314 g/mol. The first-order valence-electron chi connectivity index (χ1n) is 7.68. The van der Waals surface area contributed by atoms with Gasteiger partial charge in [-0.1, -0.05) is 30.3 Å². The Kier molecular flexibility index (Phi) is 5.03. The highest BCUT2D eigenvalue weighted by molar-refractivity contribution is 6.06. The lowest BCUT2D eigenvalue weighted by Crippen LogP contribution is -2.14. The molecule has 0 aliphatic rings. The maximum atomic E-state index is 12.6. The number of aromatic nitrogens is 1. The number of benzene rings is 2. The number of nitrogens with zero attached hydrogens (tertiary/aromatic N) is 2. The molecule has 1 amide bonds. The van der Waals surface area contributed by atoms with Crippen LogP contribution in [-0.4, -0.2) is 10.9 Å².